The van der Waals surface area contributed by atoms with Gasteiger partial charge in [-0.2, -0.15) is 0 Å². The molecule has 49 heavy (non-hydrogen) atoms. The largest absolute Gasteiger partial charge is 0.486 e. The van der Waals surface area contributed by atoms with E-state index in [-0.39, 0.29) is 54.3 Å². The molecule has 0 amide bonds. The number of aryl methyl sites for hydroxylation is 1. The van der Waals surface area contributed by atoms with Crippen LogP contribution in [0.15, 0.2) is 83.5 Å². The van der Waals surface area contributed by atoms with Crippen LogP contribution in [-0.2, 0) is 31.9 Å². The van der Waals surface area contributed by atoms with Gasteiger partial charge in [-0.05, 0) is 77.6 Å². The van der Waals surface area contributed by atoms with Gasteiger partial charge >= 0.3 is 0 Å². The molecule has 0 atom stereocenters. The molecule has 1 radical (unpaired) electrons. The monoisotopic (exact) mass is 862 g/mol. The number of aromatic nitrogens is 3. The van der Waals surface area contributed by atoms with Crippen LogP contribution in [0.2, 0.25) is 19.6 Å². The first-order chi connectivity index (χ1) is 30.2. The maximum Gasteiger partial charge on any atom is 0.216 e. The van der Waals surface area contributed by atoms with Gasteiger partial charge in [-0.15, -0.1) is 54.1 Å². The van der Waals surface area contributed by atoms with Crippen molar-refractivity contribution >= 4 is 35.3 Å². The molecule has 4 nitrogen and oxygen atoms in total. The number of rotatable bonds is 8. The second kappa shape index (κ2) is 15.6. The topological polar surface area (TPSA) is 51.8 Å². The first kappa shape index (κ1) is 19.8. The van der Waals surface area contributed by atoms with Crippen molar-refractivity contribution in [2.24, 2.45) is 5.92 Å². The summed E-state index contributed by atoms with van der Waals surface area (Å²) in [4.78, 5) is 12.9. The second-order valence-corrected chi connectivity index (χ2v) is 18.0. The van der Waals surface area contributed by atoms with Crippen molar-refractivity contribution in [2.75, 3.05) is 0 Å². The third kappa shape index (κ3) is 8.14. The fourth-order valence-corrected chi connectivity index (χ4v) is 7.36. The molecule has 0 bridgehead atoms. The molecule has 1 aliphatic carbocycles. The number of hydrogen-bond acceptors (Lipinski definition) is 4. The Labute approximate surface area is 332 Å². The van der Waals surface area contributed by atoms with E-state index >= 15 is 0 Å². The zero-order valence-corrected chi connectivity index (χ0v) is 30.9. The van der Waals surface area contributed by atoms with E-state index in [1.807, 2.05) is 36.5 Å². The van der Waals surface area contributed by atoms with E-state index in [1.54, 1.807) is 6.07 Å². The summed E-state index contributed by atoms with van der Waals surface area (Å²) in [5.74, 6) is 0.127. The molecule has 6 heteroatoms. The Bertz CT molecular complexity index is 2680. The van der Waals surface area contributed by atoms with E-state index in [0.29, 0.717) is 10.8 Å². The third-order valence-electron chi connectivity index (χ3n) is 8.53. The van der Waals surface area contributed by atoms with Crippen LogP contribution in [0.25, 0.3) is 44.6 Å². The summed E-state index contributed by atoms with van der Waals surface area (Å²) in [6.45, 7) is -7.15. The van der Waals surface area contributed by atoms with Gasteiger partial charge in [-0.1, -0.05) is 94.5 Å². The molecule has 1 fully saturated rings. The van der Waals surface area contributed by atoms with Crippen molar-refractivity contribution in [1.82, 2.24) is 15.0 Å². The molecule has 6 aromatic rings. The van der Waals surface area contributed by atoms with Crippen LogP contribution in [0.3, 0.4) is 0 Å². The van der Waals surface area contributed by atoms with Crippen molar-refractivity contribution < 1.29 is 49.2 Å². The fourth-order valence-electron chi connectivity index (χ4n) is 5.95. The quantitative estimate of drug-likeness (QED) is 0.113. The van der Waals surface area contributed by atoms with E-state index in [1.165, 1.54) is 18.2 Å². The fraction of sp³-hybridized carbons (Fsp3) is 0.372. The summed E-state index contributed by atoms with van der Waals surface area (Å²) in [6, 6.07) is 23.4. The summed E-state index contributed by atoms with van der Waals surface area (Å²) < 4.78 is 152. The molecule has 7 rings (SSSR count). The van der Waals surface area contributed by atoms with E-state index in [2.05, 4.69) is 46.7 Å². The second-order valence-electron chi connectivity index (χ2n) is 12.9. The molecule has 0 saturated heterocycles. The molecule has 0 N–H and O–H groups in total. The van der Waals surface area contributed by atoms with Crippen molar-refractivity contribution in [2.45, 2.75) is 97.3 Å². The van der Waals surface area contributed by atoms with E-state index < -0.39 is 65.6 Å². The number of benzene rings is 2. The van der Waals surface area contributed by atoms with Gasteiger partial charge in [0.05, 0.1) is 13.7 Å². The number of hydrogen-bond donors (Lipinski definition) is 0. The molecular formula is C43H49IrN3OSi-2. The van der Waals surface area contributed by atoms with Crippen LogP contribution in [0.5, 0.6) is 0 Å². The van der Waals surface area contributed by atoms with Gasteiger partial charge in [0.25, 0.3) is 0 Å². The number of nitrogens with zero attached hydrogens (tertiary/aromatic N) is 3. The molecule has 2 aromatic carbocycles. The summed E-state index contributed by atoms with van der Waals surface area (Å²) in [5.41, 5.74) is -2.29. The number of furan rings is 1. The normalized spacial score (nSPS) is 21.0. The van der Waals surface area contributed by atoms with Crippen molar-refractivity contribution in [3.8, 4) is 22.5 Å². The molecule has 1 aliphatic rings. The Balaban J connectivity index is 0.000000285. The summed E-state index contributed by atoms with van der Waals surface area (Å²) in [6.07, 6.45) is -1.99. The Hall–Kier alpha value is -3.44. The SMILES string of the molecule is [2H]C([2H])([2H])c1ccc2c(n1)oc1c(-c3cc(C(C([2H])([2H])[2H])(C([2H])([2H])C([2H])([2H])[2H])C([2H])([2H])C([2H])([2H])[2H])ccn3)[c-]ccc12.[2H]C([2H])(c1cc(-c2[c-]cccc2)ncc1[Si](C)(C)C)C1CCCC1.[Ir]. The number of fused-ring (bicyclic) bond motifs is 3. The van der Waals surface area contributed by atoms with E-state index in [4.69, 9.17) is 29.1 Å². The first-order valence-corrected chi connectivity index (χ1v) is 19.4. The third-order valence-corrected chi connectivity index (χ3v) is 10.5. The van der Waals surface area contributed by atoms with Crippen molar-refractivity contribution in [3.63, 3.8) is 0 Å². The minimum absolute atomic E-state index is 0. The van der Waals surface area contributed by atoms with Crippen LogP contribution in [-0.4, -0.2) is 23.0 Å². The molecule has 0 unspecified atom stereocenters. The Kier molecular flexibility index (Phi) is 6.32. The smallest absolute Gasteiger partial charge is 0.216 e. The molecule has 4 aromatic heterocycles. The Morgan fingerprint density at radius 2 is 1.78 bits per heavy atom. The molecule has 4 heterocycles. The van der Waals surface area contributed by atoms with Gasteiger partial charge in [-0.25, -0.2) is 4.98 Å². The maximum atomic E-state index is 8.90. The molecule has 1 saturated carbocycles. The first-order valence-electron chi connectivity index (χ1n) is 24.9. The summed E-state index contributed by atoms with van der Waals surface area (Å²) in [5, 5.41) is 1.99. The predicted molar refractivity (Wildman–Crippen MR) is 203 cm³/mol. The van der Waals surface area contributed by atoms with E-state index in [9.17, 15) is 0 Å². The minimum atomic E-state index is -3.95. The zero-order chi connectivity index (χ0) is 49.3. The van der Waals surface area contributed by atoms with Crippen molar-refractivity contribution in [3.05, 3.63) is 108 Å². The van der Waals surface area contributed by atoms with Gasteiger partial charge < -0.3 is 14.4 Å². The average molecular weight is 862 g/mol. The average Bonchev–Trinajstić information content (AvgIpc) is 3.89. The van der Waals surface area contributed by atoms with E-state index in [0.717, 1.165) is 66.0 Å². The summed E-state index contributed by atoms with van der Waals surface area (Å²) in [7, 11) is -1.68. The van der Waals surface area contributed by atoms with Crippen LogP contribution in [0.4, 0.5) is 0 Å². The van der Waals surface area contributed by atoms with Crippen LogP contribution in [0, 0.1) is 24.9 Å². The minimum Gasteiger partial charge on any atom is -0.486 e. The van der Waals surface area contributed by atoms with Gasteiger partial charge in [0, 0.05) is 68.3 Å². The zero-order valence-electron chi connectivity index (χ0n) is 45.5. The summed E-state index contributed by atoms with van der Waals surface area (Å²) >= 11 is 0. The molecule has 257 valence electrons. The standard InChI is InChI=1S/C23H23N2O.C20H26NSi.Ir/c1-5-23(4,6-2)16-12-13-24-20(14-16)19-9-7-8-17-18-11-10-15(3)25-22(18)26-21(17)19;1-22(2,3)20-15-21-19(17-11-5-4-6-12-17)14-18(20)13-16-9-7-8-10-16;/h7-8,10-14H,5-6H2,1-4H3;4-6,11,14-16H,7-10,13H2,1-3H3;/q2*-1;/i1D3,2D3,3D3,4D3,5D2,6D2;13D2;. The van der Waals surface area contributed by atoms with Crippen LogP contribution < -0.4 is 5.19 Å². The molecular weight excluding hydrogens is 795 g/mol. The number of pyridine rings is 3. The Morgan fingerprint density at radius 3 is 2.49 bits per heavy atom. The predicted octanol–water partition coefficient (Wildman–Crippen LogP) is 11.1. The van der Waals surface area contributed by atoms with Crippen LogP contribution >= 0.6 is 0 Å². The molecule has 0 spiro atoms. The van der Waals surface area contributed by atoms with Gasteiger partial charge in [0.1, 0.15) is 0 Å². The van der Waals surface area contributed by atoms with Gasteiger partial charge in [-0.3, -0.25) is 0 Å². The van der Waals surface area contributed by atoms with Gasteiger partial charge in [0.2, 0.25) is 5.71 Å². The van der Waals surface area contributed by atoms with Crippen molar-refractivity contribution in [1.29, 1.82) is 0 Å². The van der Waals surface area contributed by atoms with Gasteiger partial charge in [0.15, 0.2) is 0 Å². The Morgan fingerprint density at radius 1 is 0.939 bits per heavy atom. The maximum absolute atomic E-state index is 8.90. The molecule has 0 aliphatic heterocycles. The van der Waals surface area contributed by atoms with Crippen LogP contribution in [0.1, 0.15) is 100 Å².